The Labute approximate surface area is 105 Å². The maximum Gasteiger partial charge on any atom is 0.155 e. The van der Waals surface area contributed by atoms with Crippen LogP contribution in [0.15, 0.2) is 11.6 Å². The summed E-state index contributed by atoms with van der Waals surface area (Å²) in [6.07, 6.45) is 4.64. The minimum Gasteiger partial charge on any atom is -0.367 e. The quantitative estimate of drug-likeness (QED) is 0.372. The average molecular weight is 242 g/mol. The second kappa shape index (κ2) is 6.53. The van der Waals surface area contributed by atoms with Gasteiger partial charge >= 0.3 is 0 Å². The molecule has 3 heteroatoms. The third kappa shape index (κ3) is 5.66. The first kappa shape index (κ1) is 14.7. The Morgan fingerprint density at radius 3 is 2.59 bits per heavy atom. The fraction of sp³-hybridized carbons (Fsp3) is 0.857. The first-order chi connectivity index (χ1) is 7.95. The number of hydrogen-bond donors (Lipinski definition) is 0. The zero-order chi connectivity index (χ0) is 12.9. The Morgan fingerprint density at radius 1 is 1.41 bits per heavy atom. The molecule has 2 atom stereocenters. The summed E-state index contributed by atoms with van der Waals surface area (Å²) in [5, 5.41) is 0. The Morgan fingerprint density at radius 2 is 2.06 bits per heavy atom. The Kier molecular flexibility index (Phi) is 5.63. The first-order valence-corrected chi connectivity index (χ1v) is 6.52. The number of hydrogen-bond acceptors (Lipinski definition) is 3. The van der Waals surface area contributed by atoms with E-state index in [-0.39, 0.29) is 11.9 Å². The lowest BCUT2D eigenvalue weighted by Gasteiger charge is -2.11. The molecule has 0 N–H and O–H groups in total. The average Bonchev–Trinajstić information content (AvgIpc) is 2.84. The molecule has 0 amide bonds. The van der Waals surface area contributed by atoms with Crippen molar-refractivity contribution in [1.29, 1.82) is 0 Å². The Bertz CT molecular complexity index is 258. The molecule has 1 aliphatic rings. The molecule has 100 valence electrons. The van der Waals surface area contributed by atoms with E-state index in [1.54, 1.807) is 0 Å². The summed E-state index contributed by atoms with van der Waals surface area (Å²) in [5.74, 6) is 0. The number of epoxide rings is 1. The van der Waals surface area contributed by atoms with Crippen LogP contribution in [0.25, 0.3) is 0 Å². The molecule has 0 radical (unpaired) electrons. The summed E-state index contributed by atoms with van der Waals surface area (Å²) in [6, 6.07) is 0. The molecule has 1 saturated heterocycles. The van der Waals surface area contributed by atoms with Gasteiger partial charge in [0.15, 0.2) is 6.29 Å². The molecule has 1 heterocycles. The summed E-state index contributed by atoms with van der Waals surface area (Å²) in [6.45, 7) is 11.6. The molecule has 0 spiro atoms. The minimum atomic E-state index is -0.116. The monoisotopic (exact) mass is 242 g/mol. The van der Waals surface area contributed by atoms with E-state index in [1.807, 2.05) is 13.8 Å². The highest BCUT2D eigenvalue weighted by Crippen LogP contribution is 2.38. The van der Waals surface area contributed by atoms with E-state index in [1.165, 1.54) is 5.57 Å². The molecule has 0 aliphatic carbocycles. The van der Waals surface area contributed by atoms with Crippen LogP contribution >= 0.6 is 0 Å². The smallest absolute Gasteiger partial charge is 0.155 e. The predicted octanol–water partition coefficient (Wildman–Crippen LogP) is 3.29. The lowest BCUT2D eigenvalue weighted by Crippen LogP contribution is -2.12. The molecule has 2 unspecified atom stereocenters. The van der Waals surface area contributed by atoms with Gasteiger partial charge in [0.25, 0.3) is 0 Å². The largest absolute Gasteiger partial charge is 0.367 e. The summed E-state index contributed by atoms with van der Waals surface area (Å²) in [7, 11) is 0. The highest BCUT2D eigenvalue weighted by atomic mass is 16.7. The molecule has 0 aromatic heterocycles. The Balaban J connectivity index is 2.08. The van der Waals surface area contributed by atoms with Crippen molar-refractivity contribution in [2.45, 2.75) is 65.5 Å². The van der Waals surface area contributed by atoms with E-state index >= 15 is 0 Å². The molecule has 0 bridgehead atoms. The van der Waals surface area contributed by atoms with Crippen molar-refractivity contribution >= 4 is 0 Å². The van der Waals surface area contributed by atoms with Gasteiger partial charge in [-0.2, -0.15) is 0 Å². The maximum absolute atomic E-state index is 5.55. The van der Waals surface area contributed by atoms with Crippen LogP contribution in [0.1, 0.15) is 47.5 Å². The molecular formula is C14H26O3. The molecule has 1 aliphatic heterocycles. The van der Waals surface area contributed by atoms with Gasteiger partial charge in [0.05, 0.1) is 18.3 Å². The third-order valence-electron chi connectivity index (χ3n) is 3.13. The number of rotatable bonds is 8. The normalized spacial score (nSPS) is 24.8. The third-order valence-corrected chi connectivity index (χ3v) is 3.13. The van der Waals surface area contributed by atoms with Gasteiger partial charge in [-0.3, -0.25) is 0 Å². The summed E-state index contributed by atoms with van der Waals surface area (Å²) >= 11 is 0. The summed E-state index contributed by atoms with van der Waals surface area (Å²) in [5.41, 5.74) is 1.47. The lowest BCUT2D eigenvalue weighted by molar-refractivity contribution is -0.118. The second-order valence-corrected chi connectivity index (χ2v) is 5.16. The highest BCUT2D eigenvalue weighted by Gasteiger charge is 2.46. The molecule has 0 saturated carbocycles. The second-order valence-electron chi connectivity index (χ2n) is 5.16. The van der Waals surface area contributed by atoms with Gasteiger partial charge in [-0.25, -0.2) is 0 Å². The van der Waals surface area contributed by atoms with Crippen LogP contribution in [0.4, 0.5) is 0 Å². The molecule has 0 aromatic carbocycles. The fourth-order valence-corrected chi connectivity index (χ4v) is 1.81. The van der Waals surface area contributed by atoms with Crippen molar-refractivity contribution in [2.75, 3.05) is 13.2 Å². The van der Waals surface area contributed by atoms with Crippen molar-refractivity contribution in [3.05, 3.63) is 11.6 Å². The standard InChI is InChI=1S/C14H26O3/c1-6-15-12(3)16-10-9-11(2)7-8-13-14(4,5)17-13/h9,12-13H,6-8,10H2,1-5H3. The molecular weight excluding hydrogens is 216 g/mol. The van der Waals surface area contributed by atoms with Gasteiger partial charge in [-0.05, 0) is 47.5 Å². The highest BCUT2D eigenvalue weighted by molar-refractivity contribution is 5.02. The van der Waals surface area contributed by atoms with Crippen LogP contribution in [0.5, 0.6) is 0 Å². The SMILES string of the molecule is CCOC(C)OCC=C(C)CCC1OC1(C)C. The topological polar surface area (TPSA) is 31.0 Å². The minimum absolute atomic E-state index is 0.111. The molecule has 1 rings (SSSR count). The number of ether oxygens (including phenoxy) is 3. The van der Waals surface area contributed by atoms with E-state index in [2.05, 4.69) is 26.8 Å². The summed E-state index contributed by atoms with van der Waals surface area (Å²) < 4.78 is 16.3. The van der Waals surface area contributed by atoms with Gasteiger partial charge in [0.1, 0.15) is 0 Å². The zero-order valence-corrected chi connectivity index (χ0v) is 11.8. The van der Waals surface area contributed by atoms with Crippen LogP contribution in [0.3, 0.4) is 0 Å². The van der Waals surface area contributed by atoms with Crippen molar-refractivity contribution in [1.82, 2.24) is 0 Å². The molecule has 1 fully saturated rings. The van der Waals surface area contributed by atoms with Crippen LogP contribution < -0.4 is 0 Å². The van der Waals surface area contributed by atoms with E-state index in [0.717, 1.165) is 12.8 Å². The molecule has 17 heavy (non-hydrogen) atoms. The van der Waals surface area contributed by atoms with Crippen molar-refractivity contribution in [3.63, 3.8) is 0 Å². The van der Waals surface area contributed by atoms with E-state index in [9.17, 15) is 0 Å². The van der Waals surface area contributed by atoms with E-state index in [0.29, 0.717) is 19.3 Å². The van der Waals surface area contributed by atoms with E-state index < -0.39 is 0 Å². The maximum atomic E-state index is 5.55. The van der Waals surface area contributed by atoms with Crippen LogP contribution in [0, 0.1) is 0 Å². The van der Waals surface area contributed by atoms with Crippen molar-refractivity contribution < 1.29 is 14.2 Å². The van der Waals surface area contributed by atoms with Crippen LogP contribution in [-0.2, 0) is 14.2 Å². The first-order valence-electron chi connectivity index (χ1n) is 6.52. The number of allylic oxidation sites excluding steroid dienone is 1. The lowest BCUT2D eigenvalue weighted by atomic mass is 10.0. The zero-order valence-electron chi connectivity index (χ0n) is 11.8. The predicted molar refractivity (Wildman–Crippen MR) is 69.0 cm³/mol. The van der Waals surface area contributed by atoms with Gasteiger partial charge in [-0.15, -0.1) is 0 Å². The molecule has 0 aromatic rings. The summed E-state index contributed by atoms with van der Waals surface area (Å²) in [4.78, 5) is 0. The van der Waals surface area contributed by atoms with Gasteiger partial charge in [0, 0.05) is 6.61 Å². The van der Waals surface area contributed by atoms with Crippen LogP contribution in [0.2, 0.25) is 0 Å². The van der Waals surface area contributed by atoms with Crippen LogP contribution in [-0.4, -0.2) is 31.2 Å². The fourth-order valence-electron chi connectivity index (χ4n) is 1.81. The van der Waals surface area contributed by atoms with E-state index in [4.69, 9.17) is 14.2 Å². The molecule has 3 nitrogen and oxygen atoms in total. The van der Waals surface area contributed by atoms with Gasteiger partial charge < -0.3 is 14.2 Å². The van der Waals surface area contributed by atoms with Crippen molar-refractivity contribution in [3.8, 4) is 0 Å². The van der Waals surface area contributed by atoms with Gasteiger partial charge in [-0.1, -0.05) is 11.6 Å². The Hall–Kier alpha value is -0.380. The van der Waals surface area contributed by atoms with Crippen molar-refractivity contribution in [2.24, 2.45) is 0 Å². The van der Waals surface area contributed by atoms with Gasteiger partial charge in [0.2, 0.25) is 0 Å².